The lowest BCUT2D eigenvalue weighted by atomic mass is 10.2. The Morgan fingerprint density at radius 3 is 2.50 bits per heavy atom. The number of carbonyl (C=O) groups excluding carboxylic acids is 1. The first-order valence-corrected chi connectivity index (χ1v) is 5.45. The minimum Gasteiger partial charge on any atom is -0.480 e. The molecule has 0 fully saturated rings. The van der Waals surface area contributed by atoms with Crippen molar-refractivity contribution in [2.45, 2.75) is 26.0 Å². The van der Waals surface area contributed by atoms with Gasteiger partial charge in [-0.25, -0.2) is 9.59 Å². The molecule has 6 nitrogen and oxygen atoms in total. The van der Waals surface area contributed by atoms with E-state index in [2.05, 4.69) is 10.6 Å². The third-order valence-corrected chi connectivity index (χ3v) is 2.31. The summed E-state index contributed by atoms with van der Waals surface area (Å²) in [5.74, 6) is -1.29. The average molecular weight is 252 g/mol. The first kappa shape index (κ1) is 14.0. The molecule has 4 N–H and O–H groups in total. The van der Waals surface area contributed by atoms with Crippen LogP contribution in [-0.4, -0.2) is 34.4 Å². The number of carboxylic acid groups (broad SMARTS) is 1. The lowest BCUT2D eigenvalue weighted by Gasteiger charge is -2.17. The fraction of sp³-hybridized carbons (Fsp3) is 0.333. The number of amides is 2. The van der Waals surface area contributed by atoms with E-state index in [-0.39, 0.29) is 0 Å². The monoisotopic (exact) mass is 252 g/mol. The minimum atomic E-state index is -1.34. The van der Waals surface area contributed by atoms with E-state index in [9.17, 15) is 14.7 Å². The molecule has 0 spiro atoms. The standard InChI is InChI=1S/C12H16N2O4/c1-7-4-3-5-9(6-7)13-12(18)14-10(8(2)15)11(16)17/h3-6,8,10,15H,1-2H3,(H,16,17)(H2,13,14,18). The SMILES string of the molecule is Cc1cccc(NC(=O)NC(C(=O)O)C(C)O)c1. The number of rotatable bonds is 4. The van der Waals surface area contributed by atoms with Crippen molar-refractivity contribution >= 4 is 17.7 Å². The second-order valence-electron chi connectivity index (χ2n) is 4.02. The Morgan fingerprint density at radius 2 is 2.00 bits per heavy atom. The van der Waals surface area contributed by atoms with Crippen molar-refractivity contribution in [3.8, 4) is 0 Å². The molecule has 1 aromatic carbocycles. The van der Waals surface area contributed by atoms with E-state index in [1.807, 2.05) is 13.0 Å². The molecule has 0 saturated carbocycles. The number of aryl methyl sites for hydroxylation is 1. The molecule has 6 heteroatoms. The van der Waals surface area contributed by atoms with Crippen LogP contribution in [0.5, 0.6) is 0 Å². The molecule has 1 rings (SSSR count). The summed E-state index contributed by atoms with van der Waals surface area (Å²) in [6.07, 6.45) is -1.18. The van der Waals surface area contributed by atoms with E-state index in [1.165, 1.54) is 6.92 Å². The highest BCUT2D eigenvalue weighted by atomic mass is 16.4. The van der Waals surface area contributed by atoms with Crippen molar-refractivity contribution in [1.82, 2.24) is 5.32 Å². The van der Waals surface area contributed by atoms with Crippen LogP contribution < -0.4 is 10.6 Å². The lowest BCUT2D eigenvalue weighted by Crippen LogP contribution is -2.49. The number of carboxylic acids is 1. The van der Waals surface area contributed by atoms with E-state index >= 15 is 0 Å². The summed E-state index contributed by atoms with van der Waals surface area (Å²) < 4.78 is 0. The molecule has 0 radical (unpaired) electrons. The maximum atomic E-state index is 11.5. The van der Waals surface area contributed by atoms with E-state index in [0.717, 1.165) is 5.56 Å². The van der Waals surface area contributed by atoms with Gasteiger partial charge in [0.1, 0.15) is 0 Å². The van der Waals surface area contributed by atoms with Crippen LogP contribution in [0.15, 0.2) is 24.3 Å². The molecule has 0 aromatic heterocycles. The molecule has 0 aliphatic rings. The van der Waals surface area contributed by atoms with Crippen molar-refractivity contribution < 1.29 is 19.8 Å². The second kappa shape index (κ2) is 6.02. The Bertz CT molecular complexity index is 445. The van der Waals surface area contributed by atoms with Gasteiger partial charge in [-0.05, 0) is 31.5 Å². The fourth-order valence-corrected chi connectivity index (χ4v) is 1.42. The summed E-state index contributed by atoms with van der Waals surface area (Å²) in [5.41, 5.74) is 1.53. The Hall–Kier alpha value is -2.08. The minimum absolute atomic E-state index is 0.558. The first-order chi connectivity index (χ1) is 8.40. The smallest absolute Gasteiger partial charge is 0.328 e. The summed E-state index contributed by atoms with van der Waals surface area (Å²) >= 11 is 0. The quantitative estimate of drug-likeness (QED) is 0.641. The number of aliphatic hydroxyl groups is 1. The van der Waals surface area contributed by atoms with Crippen molar-refractivity contribution in [2.24, 2.45) is 0 Å². The van der Waals surface area contributed by atoms with Crippen LogP contribution in [0.4, 0.5) is 10.5 Å². The fourth-order valence-electron chi connectivity index (χ4n) is 1.42. The van der Waals surface area contributed by atoms with E-state index in [1.54, 1.807) is 18.2 Å². The van der Waals surface area contributed by atoms with Gasteiger partial charge in [-0.15, -0.1) is 0 Å². The molecule has 0 heterocycles. The predicted octanol–water partition coefficient (Wildman–Crippen LogP) is 0.951. The van der Waals surface area contributed by atoms with Crippen LogP contribution >= 0.6 is 0 Å². The number of carbonyl (C=O) groups is 2. The number of benzene rings is 1. The van der Waals surface area contributed by atoms with Gasteiger partial charge in [-0.3, -0.25) is 0 Å². The van der Waals surface area contributed by atoms with Crippen molar-refractivity contribution in [1.29, 1.82) is 0 Å². The molecule has 2 atom stereocenters. The molecule has 0 aliphatic carbocycles. The lowest BCUT2D eigenvalue weighted by molar-refractivity contribution is -0.141. The van der Waals surface area contributed by atoms with Gasteiger partial charge >= 0.3 is 12.0 Å². The Balaban J connectivity index is 2.63. The summed E-state index contributed by atoms with van der Waals surface area (Å²) in [5, 5.41) is 22.7. The number of aliphatic carboxylic acids is 1. The summed E-state index contributed by atoms with van der Waals surface area (Å²) in [4.78, 5) is 22.3. The number of hydrogen-bond donors (Lipinski definition) is 4. The molecule has 98 valence electrons. The van der Waals surface area contributed by atoms with Gasteiger partial charge in [0.2, 0.25) is 0 Å². The molecule has 0 aliphatic heterocycles. The summed E-state index contributed by atoms with van der Waals surface area (Å²) in [7, 11) is 0. The zero-order valence-corrected chi connectivity index (χ0v) is 10.2. The molecule has 2 amide bonds. The average Bonchev–Trinajstić information content (AvgIpc) is 2.25. The molecule has 0 bridgehead atoms. The molecule has 18 heavy (non-hydrogen) atoms. The van der Waals surface area contributed by atoms with Gasteiger partial charge in [0.15, 0.2) is 6.04 Å². The van der Waals surface area contributed by atoms with E-state index in [4.69, 9.17) is 5.11 Å². The van der Waals surface area contributed by atoms with Crippen molar-refractivity contribution in [3.63, 3.8) is 0 Å². The third-order valence-electron chi connectivity index (χ3n) is 2.31. The third kappa shape index (κ3) is 4.06. The van der Waals surface area contributed by atoms with Crippen LogP contribution in [0.1, 0.15) is 12.5 Å². The number of aliphatic hydroxyl groups excluding tert-OH is 1. The largest absolute Gasteiger partial charge is 0.480 e. The van der Waals surface area contributed by atoms with Crippen LogP contribution in [-0.2, 0) is 4.79 Å². The zero-order chi connectivity index (χ0) is 13.7. The number of hydrogen-bond acceptors (Lipinski definition) is 3. The zero-order valence-electron chi connectivity index (χ0n) is 10.2. The summed E-state index contributed by atoms with van der Waals surface area (Å²) in [6, 6.07) is 5.07. The normalized spacial score (nSPS) is 13.5. The molecular weight excluding hydrogens is 236 g/mol. The van der Waals surface area contributed by atoms with E-state index < -0.39 is 24.1 Å². The highest BCUT2D eigenvalue weighted by Gasteiger charge is 2.24. The van der Waals surface area contributed by atoms with Gasteiger partial charge < -0.3 is 20.8 Å². The Morgan fingerprint density at radius 1 is 1.33 bits per heavy atom. The molecule has 2 unspecified atom stereocenters. The Labute approximate surface area is 105 Å². The van der Waals surface area contributed by atoms with Gasteiger partial charge in [0.05, 0.1) is 6.10 Å². The first-order valence-electron chi connectivity index (χ1n) is 5.45. The van der Waals surface area contributed by atoms with Crippen LogP contribution in [0, 0.1) is 6.92 Å². The van der Waals surface area contributed by atoms with Crippen molar-refractivity contribution in [2.75, 3.05) is 5.32 Å². The van der Waals surface area contributed by atoms with Crippen LogP contribution in [0.3, 0.4) is 0 Å². The van der Waals surface area contributed by atoms with Crippen LogP contribution in [0.2, 0.25) is 0 Å². The molecular formula is C12H16N2O4. The van der Waals surface area contributed by atoms with Gasteiger partial charge in [0, 0.05) is 5.69 Å². The van der Waals surface area contributed by atoms with Gasteiger partial charge in [0.25, 0.3) is 0 Å². The highest BCUT2D eigenvalue weighted by molar-refractivity contribution is 5.92. The number of nitrogens with one attached hydrogen (secondary N) is 2. The molecule has 1 aromatic rings. The Kier molecular flexibility index (Phi) is 4.67. The number of anilines is 1. The topological polar surface area (TPSA) is 98.7 Å². The highest BCUT2D eigenvalue weighted by Crippen LogP contribution is 2.09. The summed E-state index contributed by atoms with van der Waals surface area (Å²) in [6.45, 7) is 3.17. The maximum Gasteiger partial charge on any atom is 0.328 e. The van der Waals surface area contributed by atoms with Crippen molar-refractivity contribution in [3.05, 3.63) is 29.8 Å². The predicted molar refractivity (Wildman–Crippen MR) is 66.4 cm³/mol. The maximum absolute atomic E-state index is 11.5. The van der Waals surface area contributed by atoms with E-state index in [0.29, 0.717) is 5.69 Å². The van der Waals surface area contributed by atoms with Gasteiger partial charge in [-0.1, -0.05) is 12.1 Å². The molecule has 0 saturated heterocycles. The van der Waals surface area contributed by atoms with Crippen LogP contribution in [0.25, 0.3) is 0 Å². The second-order valence-corrected chi connectivity index (χ2v) is 4.02. The van der Waals surface area contributed by atoms with Gasteiger partial charge in [-0.2, -0.15) is 0 Å². The number of urea groups is 1.